The van der Waals surface area contributed by atoms with Crippen LogP contribution in [0.1, 0.15) is 24.8 Å². The van der Waals surface area contributed by atoms with Crippen molar-refractivity contribution in [1.29, 1.82) is 0 Å². The minimum Gasteiger partial charge on any atom is -0.300 e. The van der Waals surface area contributed by atoms with Crippen molar-refractivity contribution in [2.75, 3.05) is 13.1 Å². The van der Waals surface area contributed by atoms with Gasteiger partial charge in [0, 0.05) is 25.9 Å². The number of aryl methyl sites for hydroxylation is 1. The van der Waals surface area contributed by atoms with Crippen molar-refractivity contribution in [2.45, 2.75) is 31.1 Å². The van der Waals surface area contributed by atoms with Crippen molar-refractivity contribution in [2.24, 2.45) is 0 Å². The Kier molecular flexibility index (Phi) is 3.82. The number of hydrogen-bond acceptors (Lipinski definition) is 3. The summed E-state index contributed by atoms with van der Waals surface area (Å²) < 4.78 is 26.2. The Morgan fingerprint density at radius 1 is 1.06 bits per heavy atom. The Balaban J connectivity index is 2.25. The molecule has 1 fully saturated rings. The fourth-order valence-corrected chi connectivity index (χ4v) is 3.52. The molecule has 0 aliphatic carbocycles. The van der Waals surface area contributed by atoms with Crippen LogP contribution < -0.4 is 0 Å². The third-order valence-electron chi connectivity index (χ3n) is 3.16. The second-order valence-electron chi connectivity index (χ2n) is 4.61. The number of carbonyl (C=O) groups is 1. The molecule has 0 amide bonds. The summed E-state index contributed by atoms with van der Waals surface area (Å²) in [5.41, 5.74) is 1.03. The summed E-state index contributed by atoms with van der Waals surface area (Å²) in [6.07, 6.45) is 1.43. The average Bonchev–Trinajstić information content (AvgIpc) is 2.55. The van der Waals surface area contributed by atoms with Crippen molar-refractivity contribution in [1.82, 2.24) is 4.31 Å². The summed E-state index contributed by atoms with van der Waals surface area (Å²) in [4.78, 5) is 11.6. The Morgan fingerprint density at radius 3 is 2.39 bits per heavy atom. The molecule has 5 heteroatoms. The van der Waals surface area contributed by atoms with E-state index < -0.39 is 10.0 Å². The molecule has 0 atom stereocenters. The smallest absolute Gasteiger partial charge is 0.243 e. The van der Waals surface area contributed by atoms with Crippen LogP contribution in [0.5, 0.6) is 0 Å². The maximum Gasteiger partial charge on any atom is 0.243 e. The number of rotatable bonds is 2. The summed E-state index contributed by atoms with van der Waals surface area (Å²) in [7, 11) is -3.44. The summed E-state index contributed by atoms with van der Waals surface area (Å²) in [6.45, 7) is 2.65. The van der Waals surface area contributed by atoms with Gasteiger partial charge in [-0.25, -0.2) is 8.42 Å². The van der Waals surface area contributed by atoms with E-state index in [9.17, 15) is 13.2 Å². The van der Waals surface area contributed by atoms with Gasteiger partial charge in [0.05, 0.1) is 4.90 Å². The van der Waals surface area contributed by atoms with Gasteiger partial charge in [0.2, 0.25) is 10.0 Å². The van der Waals surface area contributed by atoms with Crippen LogP contribution in [0, 0.1) is 6.92 Å². The first-order chi connectivity index (χ1) is 8.50. The molecule has 1 aromatic rings. The maximum atomic E-state index is 12.4. The fourth-order valence-electron chi connectivity index (χ4n) is 2.04. The van der Waals surface area contributed by atoms with Crippen LogP contribution in [0.3, 0.4) is 0 Å². The van der Waals surface area contributed by atoms with E-state index in [1.54, 1.807) is 24.3 Å². The number of nitrogens with zero attached hydrogens (tertiary/aromatic N) is 1. The van der Waals surface area contributed by atoms with Crippen LogP contribution in [-0.2, 0) is 14.8 Å². The summed E-state index contributed by atoms with van der Waals surface area (Å²) in [5, 5.41) is 0. The standard InChI is InChI=1S/C13H17NO3S/c1-11-4-6-13(7-5-11)18(16,17)14-9-2-3-12(15)8-10-14/h4-7H,2-3,8-10H2,1H3. The molecule has 4 nitrogen and oxygen atoms in total. The van der Waals surface area contributed by atoms with E-state index in [1.165, 1.54) is 4.31 Å². The van der Waals surface area contributed by atoms with Crippen molar-refractivity contribution < 1.29 is 13.2 Å². The van der Waals surface area contributed by atoms with Crippen LogP contribution in [0.25, 0.3) is 0 Å². The molecule has 2 rings (SSSR count). The Hall–Kier alpha value is -1.20. The van der Waals surface area contributed by atoms with Crippen molar-refractivity contribution in [3.63, 3.8) is 0 Å². The van der Waals surface area contributed by atoms with E-state index in [-0.39, 0.29) is 5.78 Å². The number of hydrogen-bond donors (Lipinski definition) is 0. The van der Waals surface area contributed by atoms with E-state index in [0.717, 1.165) is 5.56 Å². The Labute approximate surface area is 108 Å². The van der Waals surface area contributed by atoms with Gasteiger partial charge >= 0.3 is 0 Å². The minimum atomic E-state index is -3.44. The highest BCUT2D eigenvalue weighted by atomic mass is 32.2. The molecule has 0 radical (unpaired) electrons. The first-order valence-electron chi connectivity index (χ1n) is 6.09. The summed E-state index contributed by atoms with van der Waals surface area (Å²) in [6, 6.07) is 6.82. The lowest BCUT2D eigenvalue weighted by atomic mass is 10.2. The zero-order valence-corrected chi connectivity index (χ0v) is 11.2. The molecule has 1 aliphatic heterocycles. The van der Waals surface area contributed by atoms with Crippen molar-refractivity contribution in [3.05, 3.63) is 29.8 Å². The van der Waals surface area contributed by atoms with E-state index >= 15 is 0 Å². The number of benzene rings is 1. The molecule has 0 unspecified atom stereocenters. The first kappa shape index (κ1) is 13.2. The molecular formula is C13H17NO3S. The normalized spacial score (nSPS) is 18.6. The molecule has 1 heterocycles. The predicted octanol–water partition coefficient (Wildman–Crippen LogP) is 1.74. The third kappa shape index (κ3) is 2.79. The average molecular weight is 267 g/mol. The number of sulfonamides is 1. The molecule has 18 heavy (non-hydrogen) atoms. The molecular weight excluding hydrogens is 250 g/mol. The summed E-state index contributed by atoms with van der Waals surface area (Å²) >= 11 is 0. The van der Waals surface area contributed by atoms with E-state index in [4.69, 9.17) is 0 Å². The van der Waals surface area contributed by atoms with Crippen LogP contribution >= 0.6 is 0 Å². The van der Waals surface area contributed by atoms with Gasteiger partial charge in [0.15, 0.2) is 0 Å². The second kappa shape index (κ2) is 5.20. The molecule has 1 saturated heterocycles. The van der Waals surface area contributed by atoms with Crippen molar-refractivity contribution >= 4 is 15.8 Å². The lowest BCUT2D eigenvalue weighted by Gasteiger charge is -2.19. The van der Waals surface area contributed by atoms with Crippen molar-refractivity contribution in [3.8, 4) is 0 Å². The highest BCUT2D eigenvalue weighted by molar-refractivity contribution is 7.89. The van der Waals surface area contributed by atoms with Crippen LogP contribution in [0.2, 0.25) is 0 Å². The monoisotopic (exact) mass is 267 g/mol. The van der Waals surface area contributed by atoms with Crippen LogP contribution in [0.15, 0.2) is 29.2 Å². The van der Waals surface area contributed by atoms with Gasteiger partial charge in [-0.1, -0.05) is 17.7 Å². The van der Waals surface area contributed by atoms with Gasteiger partial charge in [-0.2, -0.15) is 4.31 Å². The van der Waals surface area contributed by atoms with E-state index in [2.05, 4.69) is 0 Å². The van der Waals surface area contributed by atoms with Gasteiger partial charge in [-0.15, -0.1) is 0 Å². The lowest BCUT2D eigenvalue weighted by Crippen LogP contribution is -2.32. The Bertz CT molecular complexity index is 534. The lowest BCUT2D eigenvalue weighted by molar-refractivity contribution is -0.118. The zero-order chi connectivity index (χ0) is 13.2. The molecule has 0 spiro atoms. The van der Waals surface area contributed by atoms with Crippen LogP contribution in [0.4, 0.5) is 0 Å². The molecule has 0 bridgehead atoms. The minimum absolute atomic E-state index is 0.150. The highest BCUT2D eigenvalue weighted by Crippen LogP contribution is 2.19. The van der Waals surface area contributed by atoms with Gasteiger partial charge < -0.3 is 0 Å². The zero-order valence-electron chi connectivity index (χ0n) is 10.4. The van der Waals surface area contributed by atoms with Gasteiger partial charge in [-0.3, -0.25) is 4.79 Å². The number of Topliss-reactive ketones (excluding diaryl/α,β-unsaturated/α-hetero) is 1. The summed E-state index contributed by atoms with van der Waals surface area (Å²) in [5.74, 6) is 0.150. The molecule has 0 saturated carbocycles. The van der Waals surface area contributed by atoms with E-state index in [0.29, 0.717) is 37.2 Å². The van der Waals surface area contributed by atoms with Gasteiger partial charge in [-0.05, 0) is 25.5 Å². The quantitative estimate of drug-likeness (QED) is 0.820. The second-order valence-corrected chi connectivity index (χ2v) is 6.55. The maximum absolute atomic E-state index is 12.4. The van der Waals surface area contributed by atoms with Gasteiger partial charge in [0.1, 0.15) is 5.78 Å². The Morgan fingerprint density at radius 2 is 1.72 bits per heavy atom. The fraction of sp³-hybridized carbons (Fsp3) is 0.462. The van der Waals surface area contributed by atoms with Crippen LogP contribution in [-0.4, -0.2) is 31.6 Å². The number of carbonyl (C=O) groups excluding carboxylic acids is 1. The SMILES string of the molecule is Cc1ccc(S(=O)(=O)N2CCCC(=O)CC2)cc1. The molecule has 0 aromatic heterocycles. The first-order valence-corrected chi connectivity index (χ1v) is 7.53. The predicted molar refractivity (Wildman–Crippen MR) is 68.8 cm³/mol. The molecule has 1 aliphatic rings. The molecule has 1 aromatic carbocycles. The van der Waals surface area contributed by atoms with E-state index in [1.807, 2.05) is 6.92 Å². The van der Waals surface area contributed by atoms with Gasteiger partial charge in [0.25, 0.3) is 0 Å². The highest BCUT2D eigenvalue weighted by Gasteiger charge is 2.26. The largest absolute Gasteiger partial charge is 0.300 e. The topological polar surface area (TPSA) is 54.5 Å². The molecule has 98 valence electrons. The number of ketones is 1. The third-order valence-corrected chi connectivity index (χ3v) is 5.07. The molecule has 0 N–H and O–H groups in total.